The number of piperidine rings is 1. The van der Waals surface area contributed by atoms with E-state index in [0.29, 0.717) is 13.0 Å². The minimum atomic E-state index is -0.900. The third-order valence-corrected chi connectivity index (χ3v) is 3.69. The number of amides is 1. The van der Waals surface area contributed by atoms with Crippen molar-refractivity contribution in [3.63, 3.8) is 0 Å². The maximum absolute atomic E-state index is 11.9. The van der Waals surface area contributed by atoms with E-state index >= 15 is 0 Å². The molecule has 0 aliphatic carbocycles. The summed E-state index contributed by atoms with van der Waals surface area (Å²) in [6, 6.07) is 0.244. The average Bonchev–Trinajstić information content (AvgIpc) is 2.39. The van der Waals surface area contributed by atoms with Crippen LogP contribution in [0.5, 0.6) is 0 Å². The van der Waals surface area contributed by atoms with Crippen molar-refractivity contribution in [2.45, 2.75) is 37.8 Å². The summed E-state index contributed by atoms with van der Waals surface area (Å²) in [5.41, 5.74) is 4.90. The summed E-state index contributed by atoms with van der Waals surface area (Å²) in [5.74, 6) is -0.157. The minimum absolute atomic E-state index is 0.157. The van der Waals surface area contributed by atoms with Crippen molar-refractivity contribution in [1.82, 2.24) is 10.2 Å². The van der Waals surface area contributed by atoms with Gasteiger partial charge in [-0.15, -0.1) is 0 Å². The zero-order valence-electron chi connectivity index (χ0n) is 11.1. The van der Waals surface area contributed by atoms with Crippen molar-refractivity contribution < 1.29 is 15.0 Å². The fraction of sp³-hybridized carbons (Fsp3) is 0.917. The van der Waals surface area contributed by atoms with Crippen LogP contribution in [0.25, 0.3) is 0 Å². The fourth-order valence-electron chi connectivity index (χ4n) is 2.09. The molecule has 106 valence electrons. The summed E-state index contributed by atoms with van der Waals surface area (Å²) < 4.78 is 0. The molecule has 1 aliphatic rings. The SMILES string of the molecule is CCC(CO)(CO)NC(=O)CN1CCC(N)CC1. The molecule has 1 fully saturated rings. The summed E-state index contributed by atoms with van der Waals surface area (Å²) >= 11 is 0. The van der Waals surface area contributed by atoms with Gasteiger partial charge in [0.25, 0.3) is 0 Å². The average molecular weight is 259 g/mol. The molecule has 1 heterocycles. The van der Waals surface area contributed by atoms with Gasteiger partial charge < -0.3 is 21.3 Å². The summed E-state index contributed by atoms with van der Waals surface area (Å²) in [4.78, 5) is 13.9. The summed E-state index contributed by atoms with van der Waals surface area (Å²) in [7, 11) is 0. The van der Waals surface area contributed by atoms with Gasteiger partial charge in [0.1, 0.15) is 0 Å². The van der Waals surface area contributed by atoms with E-state index in [1.54, 1.807) is 0 Å². The Kier molecular flexibility index (Phi) is 6.01. The maximum Gasteiger partial charge on any atom is 0.234 e. The van der Waals surface area contributed by atoms with Gasteiger partial charge >= 0.3 is 0 Å². The third kappa shape index (κ3) is 4.20. The molecule has 0 aromatic rings. The predicted octanol–water partition coefficient (Wildman–Crippen LogP) is -1.34. The highest BCUT2D eigenvalue weighted by atomic mass is 16.3. The van der Waals surface area contributed by atoms with E-state index in [0.717, 1.165) is 25.9 Å². The van der Waals surface area contributed by atoms with E-state index in [1.165, 1.54) is 0 Å². The van der Waals surface area contributed by atoms with Crippen LogP contribution in [0.1, 0.15) is 26.2 Å². The zero-order chi connectivity index (χ0) is 13.6. The van der Waals surface area contributed by atoms with Gasteiger partial charge in [0.2, 0.25) is 5.91 Å². The molecule has 0 saturated carbocycles. The second-order valence-corrected chi connectivity index (χ2v) is 5.11. The number of rotatable bonds is 6. The van der Waals surface area contributed by atoms with E-state index in [-0.39, 0.29) is 25.2 Å². The van der Waals surface area contributed by atoms with Gasteiger partial charge in [-0.05, 0) is 19.3 Å². The molecular formula is C12H25N3O3. The number of hydrogen-bond acceptors (Lipinski definition) is 5. The van der Waals surface area contributed by atoms with Crippen LogP contribution in [0.3, 0.4) is 0 Å². The predicted molar refractivity (Wildman–Crippen MR) is 69.0 cm³/mol. The molecule has 0 unspecified atom stereocenters. The van der Waals surface area contributed by atoms with Gasteiger partial charge in [-0.3, -0.25) is 9.69 Å². The standard InChI is InChI=1S/C12H25N3O3/c1-2-12(8-16,9-17)14-11(18)7-15-5-3-10(13)4-6-15/h10,16-17H,2-9,13H2,1H3,(H,14,18). The third-order valence-electron chi connectivity index (χ3n) is 3.69. The van der Waals surface area contributed by atoms with Gasteiger partial charge in [0, 0.05) is 19.1 Å². The molecule has 0 atom stereocenters. The molecular weight excluding hydrogens is 234 g/mol. The smallest absolute Gasteiger partial charge is 0.234 e. The van der Waals surface area contributed by atoms with Crippen molar-refractivity contribution in [1.29, 1.82) is 0 Å². The lowest BCUT2D eigenvalue weighted by atomic mass is 9.98. The highest BCUT2D eigenvalue weighted by Crippen LogP contribution is 2.10. The number of nitrogens with zero attached hydrogens (tertiary/aromatic N) is 1. The Morgan fingerprint density at radius 1 is 1.39 bits per heavy atom. The molecule has 6 heteroatoms. The van der Waals surface area contributed by atoms with E-state index in [4.69, 9.17) is 5.73 Å². The summed E-state index contributed by atoms with van der Waals surface area (Å²) in [6.07, 6.45) is 2.31. The van der Waals surface area contributed by atoms with Gasteiger partial charge in [0.15, 0.2) is 0 Å². The van der Waals surface area contributed by atoms with Crippen molar-refractivity contribution in [3.8, 4) is 0 Å². The molecule has 1 amide bonds. The molecule has 5 N–H and O–H groups in total. The molecule has 0 spiro atoms. The van der Waals surface area contributed by atoms with Crippen molar-refractivity contribution in [2.75, 3.05) is 32.8 Å². The second-order valence-electron chi connectivity index (χ2n) is 5.11. The second kappa shape index (κ2) is 7.04. The molecule has 0 bridgehead atoms. The monoisotopic (exact) mass is 259 g/mol. The van der Waals surface area contributed by atoms with Crippen LogP contribution < -0.4 is 11.1 Å². The molecule has 1 saturated heterocycles. The largest absolute Gasteiger partial charge is 0.394 e. The molecule has 0 aromatic carbocycles. The van der Waals surface area contributed by atoms with E-state index < -0.39 is 5.54 Å². The first-order valence-corrected chi connectivity index (χ1v) is 6.56. The first-order valence-electron chi connectivity index (χ1n) is 6.56. The molecule has 0 radical (unpaired) electrons. The molecule has 1 aliphatic heterocycles. The summed E-state index contributed by atoms with van der Waals surface area (Å²) in [5, 5.41) is 21.2. The van der Waals surface area contributed by atoms with Crippen LogP contribution in [0, 0.1) is 0 Å². The van der Waals surface area contributed by atoms with Crippen molar-refractivity contribution in [2.24, 2.45) is 5.73 Å². The van der Waals surface area contributed by atoms with Gasteiger partial charge in [-0.1, -0.05) is 6.92 Å². The Morgan fingerprint density at radius 3 is 2.39 bits per heavy atom. The van der Waals surface area contributed by atoms with Crippen LogP contribution >= 0.6 is 0 Å². The number of aliphatic hydroxyl groups excluding tert-OH is 2. The van der Waals surface area contributed by atoms with E-state index in [1.807, 2.05) is 11.8 Å². The Labute approximate surface area is 108 Å². The lowest BCUT2D eigenvalue weighted by Gasteiger charge is -2.33. The number of carbonyl (C=O) groups is 1. The Balaban J connectivity index is 2.41. The highest BCUT2D eigenvalue weighted by Gasteiger charge is 2.29. The molecule has 0 aromatic heterocycles. The topological polar surface area (TPSA) is 98.8 Å². The minimum Gasteiger partial charge on any atom is -0.394 e. The zero-order valence-corrected chi connectivity index (χ0v) is 11.1. The van der Waals surface area contributed by atoms with Crippen LogP contribution in [-0.2, 0) is 4.79 Å². The van der Waals surface area contributed by atoms with E-state index in [9.17, 15) is 15.0 Å². The Bertz CT molecular complexity index is 253. The number of hydrogen-bond donors (Lipinski definition) is 4. The number of nitrogens with one attached hydrogen (secondary N) is 1. The number of nitrogens with two attached hydrogens (primary N) is 1. The van der Waals surface area contributed by atoms with Gasteiger partial charge in [-0.2, -0.15) is 0 Å². The van der Waals surface area contributed by atoms with Gasteiger partial charge in [-0.25, -0.2) is 0 Å². The first kappa shape index (κ1) is 15.4. The fourth-order valence-corrected chi connectivity index (χ4v) is 2.09. The quantitative estimate of drug-likeness (QED) is 0.473. The molecule has 18 heavy (non-hydrogen) atoms. The molecule has 1 rings (SSSR count). The Morgan fingerprint density at radius 2 is 1.94 bits per heavy atom. The Hall–Kier alpha value is -0.690. The molecule has 6 nitrogen and oxygen atoms in total. The number of aliphatic hydroxyl groups is 2. The van der Waals surface area contributed by atoms with E-state index in [2.05, 4.69) is 5.32 Å². The first-order chi connectivity index (χ1) is 8.55. The van der Waals surface area contributed by atoms with Crippen LogP contribution in [0.4, 0.5) is 0 Å². The van der Waals surface area contributed by atoms with Gasteiger partial charge in [0.05, 0.1) is 25.3 Å². The van der Waals surface area contributed by atoms with Crippen LogP contribution in [0.15, 0.2) is 0 Å². The lowest BCUT2D eigenvalue weighted by molar-refractivity contribution is -0.125. The van der Waals surface area contributed by atoms with Crippen molar-refractivity contribution in [3.05, 3.63) is 0 Å². The lowest BCUT2D eigenvalue weighted by Crippen LogP contribution is -2.56. The maximum atomic E-state index is 11.9. The summed E-state index contributed by atoms with van der Waals surface area (Å²) in [6.45, 7) is 3.27. The number of carbonyl (C=O) groups excluding carboxylic acids is 1. The van der Waals surface area contributed by atoms with Crippen LogP contribution in [0.2, 0.25) is 0 Å². The normalized spacial score (nSPS) is 18.9. The van der Waals surface area contributed by atoms with Crippen LogP contribution in [-0.4, -0.2) is 65.4 Å². The van der Waals surface area contributed by atoms with Crippen molar-refractivity contribution >= 4 is 5.91 Å². The number of likely N-dealkylation sites (tertiary alicyclic amines) is 1. The highest BCUT2D eigenvalue weighted by molar-refractivity contribution is 5.79.